The average molecular weight is 440 g/mol. The van der Waals surface area contributed by atoms with Crippen LogP contribution >= 0.6 is 11.6 Å². The number of rotatable bonds is 4. The number of hydrogen-bond donors (Lipinski definition) is 1. The fraction of sp³-hybridized carbons (Fsp3) is 0.500. The molecule has 2 fully saturated rings. The van der Waals surface area contributed by atoms with E-state index in [4.69, 9.17) is 16.3 Å². The number of phenols is 1. The number of carbonyl (C=O) groups excluding carboxylic acids is 1. The molecule has 0 radical (unpaired) electrons. The first-order valence-corrected chi connectivity index (χ1v) is 11.6. The van der Waals surface area contributed by atoms with Crippen LogP contribution in [0.25, 0.3) is 0 Å². The molecule has 5 rings (SSSR count). The van der Waals surface area contributed by atoms with Gasteiger partial charge < -0.3 is 9.84 Å². The van der Waals surface area contributed by atoms with E-state index in [2.05, 4.69) is 24.8 Å². The maximum atomic E-state index is 12.9. The summed E-state index contributed by atoms with van der Waals surface area (Å²) in [7, 11) is 1.48. The third-order valence-electron chi connectivity index (χ3n) is 8.58. The van der Waals surface area contributed by atoms with Gasteiger partial charge in [0.2, 0.25) is 0 Å². The highest BCUT2D eigenvalue weighted by Gasteiger charge is 2.63. The third-order valence-corrected chi connectivity index (χ3v) is 8.83. The topological polar surface area (TPSA) is 49.8 Å². The average Bonchev–Trinajstić information content (AvgIpc) is 3.48. The molecule has 1 aliphatic heterocycles. The van der Waals surface area contributed by atoms with Crippen LogP contribution in [-0.2, 0) is 26.8 Å². The Morgan fingerprint density at radius 3 is 2.71 bits per heavy atom. The molecule has 0 unspecified atom stereocenters. The van der Waals surface area contributed by atoms with Gasteiger partial charge in [-0.2, -0.15) is 0 Å². The molecule has 2 aliphatic carbocycles. The van der Waals surface area contributed by atoms with E-state index in [0.29, 0.717) is 22.7 Å². The van der Waals surface area contributed by atoms with Crippen molar-refractivity contribution in [2.75, 3.05) is 20.2 Å². The van der Waals surface area contributed by atoms with Gasteiger partial charge in [-0.1, -0.05) is 43.6 Å². The van der Waals surface area contributed by atoms with Crippen LogP contribution < -0.4 is 0 Å². The molecule has 2 bridgehead atoms. The van der Waals surface area contributed by atoms with E-state index >= 15 is 0 Å². The molecule has 0 spiro atoms. The lowest BCUT2D eigenvalue weighted by Gasteiger charge is -2.54. The summed E-state index contributed by atoms with van der Waals surface area (Å²) in [6.45, 7) is 6.61. The van der Waals surface area contributed by atoms with Crippen LogP contribution in [0.2, 0.25) is 5.02 Å². The fourth-order valence-electron chi connectivity index (χ4n) is 6.41. The Hall–Kier alpha value is -2.04. The second-order valence-electron chi connectivity index (χ2n) is 9.93. The minimum Gasteiger partial charge on any atom is -0.508 e. The third kappa shape index (κ3) is 3.10. The molecule has 1 saturated carbocycles. The molecule has 164 valence electrons. The number of carbonyl (C=O) groups is 1. The quantitative estimate of drug-likeness (QED) is 0.701. The molecule has 5 heteroatoms. The van der Waals surface area contributed by atoms with Crippen molar-refractivity contribution in [3.8, 4) is 5.75 Å². The predicted octanol–water partition coefficient (Wildman–Crippen LogP) is 4.70. The van der Waals surface area contributed by atoms with Crippen LogP contribution in [0.4, 0.5) is 0 Å². The van der Waals surface area contributed by atoms with Gasteiger partial charge in [-0.25, -0.2) is 0 Å². The first kappa shape index (κ1) is 20.8. The number of hydrogen-bond acceptors (Lipinski definition) is 4. The van der Waals surface area contributed by atoms with Gasteiger partial charge in [-0.05, 0) is 84.0 Å². The SMILES string of the molecule is COC(=O)[C@]1(c2ccc(Cl)cc2)C[C@@H]1CN1CC[C@@]2(C)c3cc(O)ccc3C[C@@H]1[C@@H]2C. The molecule has 5 atom stereocenters. The molecule has 2 aromatic carbocycles. The molecule has 3 aliphatic rings. The monoisotopic (exact) mass is 439 g/mol. The normalized spacial score (nSPS) is 34.1. The van der Waals surface area contributed by atoms with Crippen LogP contribution in [-0.4, -0.2) is 42.2 Å². The van der Waals surface area contributed by atoms with Gasteiger partial charge >= 0.3 is 5.97 Å². The van der Waals surface area contributed by atoms with Crippen molar-refractivity contribution >= 4 is 17.6 Å². The van der Waals surface area contributed by atoms with Gasteiger partial charge in [-0.3, -0.25) is 9.69 Å². The first-order chi connectivity index (χ1) is 14.8. The summed E-state index contributed by atoms with van der Waals surface area (Å²) in [5.41, 5.74) is 3.19. The van der Waals surface area contributed by atoms with E-state index in [1.54, 1.807) is 0 Å². The largest absolute Gasteiger partial charge is 0.508 e. The minimum absolute atomic E-state index is 0.0760. The van der Waals surface area contributed by atoms with Crippen LogP contribution in [0.1, 0.15) is 43.4 Å². The highest BCUT2D eigenvalue weighted by atomic mass is 35.5. The lowest BCUT2D eigenvalue weighted by Crippen LogP contribution is -2.58. The van der Waals surface area contributed by atoms with Crippen LogP contribution in [0, 0.1) is 11.8 Å². The van der Waals surface area contributed by atoms with Crippen LogP contribution in [0.3, 0.4) is 0 Å². The second-order valence-corrected chi connectivity index (χ2v) is 10.4. The number of fused-ring (bicyclic) bond motifs is 4. The van der Waals surface area contributed by atoms with E-state index in [0.717, 1.165) is 37.9 Å². The molecule has 0 aromatic heterocycles. The number of esters is 1. The summed E-state index contributed by atoms with van der Waals surface area (Å²) in [6.07, 6.45) is 2.87. The summed E-state index contributed by atoms with van der Waals surface area (Å²) in [5, 5.41) is 10.7. The minimum atomic E-state index is -0.554. The number of phenolic OH excluding ortho intramolecular Hbond substituents is 1. The van der Waals surface area contributed by atoms with Gasteiger partial charge in [-0.15, -0.1) is 0 Å². The van der Waals surface area contributed by atoms with Crippen molar-refractivity contribution in [2.45, 2.75) is 50.0 Å². The highest BCUT2D eigenvalue weighted by Crippen LogP contribution is 2.57. The number of halogens is 1. The predicted molar refractivity (Wildman–Crippen MR) is 122 cm³/mol. The van der Waals surface area contributed by atoms with Crippen LogP contribution in [0.15, 0.2) is 42.5 Å². The van der Waals surface area contributed by atoms with Gasteiger partial charge in [0.05, 0.1) is 12.5 Å². The number of likely N-dealkylation sites (tertiary alicyclic amines) is 1. The molecule has 1 heterocycles. The lowest BCUT2D eigenvalue weighted by atomic mass is 9.59. The zero-order valence-corrected chi connectivity index (χ0v) is 19.2. The molecule has 2 aromatic rings. The number of nitrogens with zero attached hydrogens (tertiary/aromatic N) is 1. The fourth-order valence-corrected chi connectivity index (χ4v) is 6.53. The first-order valence-electron chi connectivity index (χ1n) is 11.2. The zero-order valence-electron chi connectivity index (χ0n) is 18.4. The summed E-state index contributed by atoms with van der Waals surface area (Å²) >= 11 is 6.09. The lowest BCUT2D eigenvalue weighted by molar-refractivity contribution is -0.144. The maximum absolute atomic E-state index is 12.9. The number of piperidine rings is 1. The molecule has 4 nitrogen and oxygen atoms in total. The number of ether oxygens (including phenoxy) is 1. The molecular formula is C26H30ClNO3. The maximum Gasteiger partial charge on any atom is 0.316 e. The van der Waals surface area contributed by atoms with E-state index in [1.807, 2.05) is 36.4 Å². The van der Waals surface area contributed by atoms with E-state index in [9.17, 15) is 9.90 Å². The van der Waals surface area contributed by atoms with Crippen molar-refractivity contribution < 1.29 is 14.6 Å². The van der Waals surface area contributed by atoms with Gasteiger partial charge in [0.1, 0.15) is 5.75 Å². The highest BCUT2D eigenvalue weighted by molar-refractivity contribution is 6.30. The number of benzene rings is 2. The summed E-state index contributed by atoms with van der Waals surface area (Å²) < 4.78 is 5.24. The standard InChI is InChI=1S/C26H30ClNO3/c1-16-23-12-17-4-9-21(29)13-22(17)25(16,2)10-11-28(23)15-19-14-26(19,24(30)31-3)18-5-7-20(27)8-6-18/h4-9,13,16,19,23,29H,10-12,14-15H2,1-3H3/t16-,19+,23+,25+,26-/m0/s1. The van der Waals surface area contributed by atoms with Crippen molar-refractivity contribution in [1.82, 2.24) is 4.90 Å². The second kappa shape index (κ2) is 7.25. The van der Waals surface area contributed by atoms with Gasteiger partial charge in [0.25, 0.3) is 0 Å². The Labute approximate surface area is 189 Å². The Morgan fingerprint density at radius 1 is 1.26 bits per heavy atom. The Morgan fingerprint density at radius 2 is 2.00 bits per heavy atom. The van der Waals surface area contributed by atoms with Crippen molar-refractivity contribution in [2.24, 2.45) is 11.8 Å². The summed E-state index contributed by atoms with van der Waals surface area (Å²) in [6, 6.07) is 14.0. The number of methoxy groups -OCH3 is 1. The number of aromatic hydroxyl groups is 1. The van der Waals surface area contributed by atoms with E-state index < -0.39 is 5.41 Å². The molecule has 31 heavy (non-hydrogen) atoms. The Kier molecular flexibility index (Phi) is 4.87. The molecule has 0 amide bonds. The Bertz CT molecular complexity index is 1020. The van der Waals surface area contributed by atoms with Crippen LogP contribution in [0.5, 0.6) is 5.75 Å². The molecular weight excluding hydrogens is 410 g/mol. The van der Waals surface area contributed by atoms with Crippen molar-refractivity contribution in [3.63, 3.8) is 0 Å². The van der Waals surface area contributed by atoms with Gasteiger partial charge in [0, 0.05) is 17.6 Å². The molecule has 1 saturated heterocycles. The summed E-state index contributed by atoms with van der Waals surface area (Å²) in [5.74, 6) is 0.951. The van der Waals surface area contributed by atoms with Crippen molar-refractivity contribution in [3.05, 3.63) is 64.2 Å². The Balaban J connectivity index is 1.41. The zero-order chi connectivity index (χ0) is 22.0. The summed E-state index contributed by atoms with van der Waals surface area (Å²) in [4.78, 5) is 15.5. The van der Waals surface area contributed by atoms with E-state index in [1.165, 1.54) is 18.2 Å². The van der Waals surface area contributed by atoms with E-state index in [-0.39, 0.29) is 17.3 Å². The smallest absolute Gasteiger partial charge is 0.316 e. The van der Waals surface area contributed by atoms with Gasteiger partial charge in [0.15, 0.2) is 0 Å². The van der Waals surface area contributed by atoms with Crippen molar-refractivity contribution in [1.29, 1.82) is 0 Å². The molecule has 1 N–H and O–H groups in total.